The van der Waals surface area contributed by atoms with Gasteiger partial charge in [-0.25, -0.2) is 0 Å². The highest BCUT2D eigenvalue weighted by molar-refractivity contribution is 6.30. The second-order valence-corrected chi connectivity index (χ2v) is 5.46. The molecule has 6 nitrogen and oxygen atoms in total. The van der Waals surface area contributed by atoms with Crippen molar-refractivity contribution in [1.29, 1.82) is 0 Å². The van der Waals surface area contributed by atoms with Crippen LogP contribution < -0.4 is 15.8 Å². The van der Waals surface area contributed by atoms with E-state index in [1.54, 1.807) is 36.4 Å². The lowest BCUT2D eigenvalue weighted by molar-refractivity contribution is -0.118. The van der Waals surface area contributed by atoms with Crippen molar-refractivity contribution < 1.29 is 19.4 Å². The van der Waals surface area contributed by atoms with Crippen LogP contribution in [0.5, 0.6) is 5.75 Å². The van der Waals surface area contributed by atoms with Crippen molar-refractivity contribution in [3.05, 3.63) is 58.6 Å². The molecule has 4 N–H and O–H groups in total. The predicted molar refractivity (Wildman–Crippen MR) is 91.6 cm³/mol. The van der Waals surface area contributed by atoms with Crippen molar-refractivity contribution in [2.24, 2.45) is 5.73 Å². The maximum absolute atomic E-state index is 12.7. The number of hydrogen-bond acceptors (Lipinski definition) is 5. The summed E-state index contributed by atoms with van der Waals surface area (Å²) < 4.78 is 5.14. The topological polar surface area (TPSA) is 102 Å². The standard InChI is InChI=1S/C17H17ClN2O4/c1-24-12-6-7-15(20-17(23)14(19)9-21)13(8-12)16(22)10-2-4-11(18)5-3-10/h2-8,14,21H,9,19H2,1H3,(H,20,23)/t14-/m0/s1. The predicted octanol–water partition coefficient (Wildman–Crippen LogP) is 1.84. The Morgan fingerprint density at radius 1 is 1.25 bits per heavy atom. The van der Waals surface area contributed by atoms with Gasteiger partial charge in [0.2, 0.25) is 5.91 Å². The van der Waals surface area contributed by atoms with Crippen molar-refractivity contribution in [1.82, 2.24) is 0 Å². The van der Waals surface area contributed by atoms with Gasteiger partial charge in [-0.15, -0.1) is 0 Å². The van der Waals surface area contributed by atoms with Crippen molar-refractivity contribution >= 4 is 29.0 Å². The maximum Gasteiger partial charge on any atom is 0.243 e. The Balaban J connectivity index is 2.40. The minimum Gasteiger partial charge on any atom is -0.497 e. The molecule has 0 bridgehead atoms. The van der Waals surface area contributed by atoms with Crippen molar-refractivity contribution in [3.63, 3.8) is 0 Å². The van der Waals surface area contributed by atoms with Gasteiger partial charge in [0.1, 0.15) is 11.8 Å². The molecule has 0 aliphatic heterocycles. The number of anilines is 1. The molecule has 2 aromatic carbocycles. The summed E-state index contributed by atoms with van der Waals surface area (Å²) in [4.78, 5) is 24.6. The second-order valence-electron chi connectivity index (χ2n) is 5.03. The molecule has 0 unspecified atom stereocenters. The van der Waals surface area contributed by atoms with E-state index in [-0.39, 0.29) is 17.0 Å². The Bertz CT molecular complexity index is 747. The molecule has 2 aromatic rings. The fourth-order valence-corrected chi connectivity index (χ4v) is 2.14. The Kier molecular flexibility index (Phi) is 5.92. The second kappa shape index (κ2) is 7.92. The van der Waals surface area contributed by atoms with Crippen LogP contribution in [0.15, 0.2) is 42.5 Å². The number of carbonyl (C=O) groups is 2. The fraction of sp³-hybridized carbons (Fsp3) is 0.176. The summed E-state index contributed by atoms with van der Waals surface area (Å²) in [6.07, 6.45) is 0. The molecule has 0 aromatic heterocycles. The van der Waals surface area contributed by atoms with Gasteiger partial charge in [0.05, 0.1) is 19.4 Å². The van der Waals surface area contributed by atoms with Crippen LogP contribution >= 0.6 is 11.6 Å². The highest BCUT2D eigenvalue weighted by Crippen LogP contribution is 2.25. The lowest BCUT2D eigenvalue weighted by atomic mass is 10.0. The summed E-state index contributed by atoms with van der Waals surface area (Å²) in [5, 5.41) is 12.0. The number of carbonyl (C=O) groups excluding carboxylic acids is 2. The van der Waals surface area contributed by atoms with Gasteiger partial charge in [0.25, 0.3) is 0 Å². The lowest BCUT2D eigenvalue weighted by Gasteiger charge is -2.14. The molecule has 7 heteroatoms. The average molecular weight is 349 g/mol. The van der Waals surface area contributed by atoms with Gasteiger partial charge < -0.3 is 20.9 Å². The number of methoxy groups -OCH3 is 1. The third-order valence-corrected chi connectivity index (χ3v) is 3.62. The molecule has 0 spiro atoms. The molecule has 1 amide bonds. The Hall–Kier alpha value is -2.41. The first-order valence-electron chi connectivity index (χ1n) is 7.12. The first-order valence-corrected chi connectivity index (χ1v) is 7.49. The number of ketones is 1. The zero-order valence-electron chi connectivity index (χ0n) is 13.0. The molecule has 24 heavy (non-hydrogen) atoms. The first-order chi connectivity index (χ1) is 11.5. The minimum atomic E-state index is -1.08. The number of halogens is 1. The van der Waals surface area contributed by atoms with E-state index >= 15 is 0 Å². The highest BCUT2D eigenvalue weighted by atomic mass is 35.5. The average Bonchev–Trinajstić information content (AvgIpc) is 2.61. The molecule has 0 saturated carbocycles. The highest BCUT2D eigenvalue weighted by Gasteiger charge is 2.19. The van der Waals surface area contributed by atoms with Gasteiger partial charge >= 0.3 is 0 Å². The van der Waals surface area contributed by atoms with Crippen LogP contribution in [0.25, 0.3) is 0 Å². The monoisotopic (exact) mass is 348 g/mol. The van der Waals surface area contributed by atoms with Crippen LogP contribution in [0.2, 0.25) is 5.02 Å². The number of benzene rings is 2. The lowest BCUT2D eigenvalue weighted by Crippen LogP contribution is -2.38. The van der Waals surface area contributed by atoms with Crippen LogP contribution in [0.3, 0.4) is 0 Å². The summed E-state index contributed by atoms with van der Waals surface area (Å²) in [5.74, 6) is -0.428. The minimum absolute atomic E-state index is 0.246. The van der Waals surface area contributed by atoms with E-state index in [1.807, 2.05) is 0 Å². The van der Waals surface area contributed by atoms with Gasteiger partial charge in [-0.3, -0.25) is 9.59 Å². The molecular weight excluding hydrogens is 332 g/mol. The molecule has 0 radical (unpaired) electrons. The number of nitrogens with one attached hydrogen (secondary N) is 1. The number of aliphatic hydroxyl groups is 1. The molecule has 0 aliphatic carbocycles. The first kappa shape index (κ1) is 17.9. The van der Waals surface area contributed by atoms with Gasteiger partial charge in [-0.05, 0) is 42.5 Å². The third-order valence-electron chi connectivity index (χ3n) is 3.37. The number of amides is 1. The van der Waals surface area contributed by atoms with Crippen LogP contribution in [-0.2, 0) is 4.79 Å². The quantitative estimate of drug-likeness (QED) is 0.691. The Morgan fingerprint density at radius 3 is 2.50 bits per heavy atom. The van der Waals surface area contributed by atoms with E-state index in [9.17, 15) is 9.59 Å². The summed E-state index contributed by atoms with van der Waals surface area (Å²) in [6, 6.07) is 10.00. The summed E-state index contributed by atoms with van der Waals surface area (Å²) in [6.45, 7) is -0.498. The zero-order valence-corrected chi connectivity index (χ0v) is 13.7. The number of hydrogen-bond donors (Lipinski definition) is 3. The van der Waals surface area contributed by atoms with Gasteiger partial charge in [0.15, 0.2) is 5.78 Å². The van der Waals surface area contributed by atoms with E-state index in [0.717, 1.165) is 0 Å². The molecule has 126 valence electrons. The Labute approximate surface area is 144 Å². The van der Waals surface area contributed by atoms with Crippen molar-refractivity contribution in [2.45, 2.75) is 6.04 Å². The molecule has 0 heterocycles. The van der Waals surface area contributed by atoms with E-state index in [1.165, 1.54) is 13.2 Å². The molecular formula is C17H17ClN2O4. The molecule has 1 atom stereocenters. The fourth-order valence-electron chi connectivity index (χ4n) is 2.01. The molecule has 0 aliphatic rings. The largest absolute Gasteiger partial charge is 0.497 e. The summed E-state index contributed by atoms with van der Waals surface area (Å²) in [7, 11) is 1.48. The van der Waals surface area contributed by atoms with Crippen LogP contribution in [0.4, 0.5) is 5.69 Å². The van der Waals surface area contributed by atoms with E-state index in [4.69, 9.17) is 27.2 Å². The normalized spacial score (nSPS) is 11.7. The van der Waals surface area contributed by atoms with Crippen LogP contribution in [-0.4, -0.2) is 36.6 Å². The van der Waals surface area contributed by atoms with Crippen molar-refractivity contribution in [2.75, 3.05) is 19.0 Å². The van der Waals surface area contributed by atoms with Gasteiger partial charge in [-0.2, -0.15) is 0 Å². The summed E-state index contributed by atoms with van der Waals surface area (Å²) >= 11 is 5.84. The van der Waals surface area contributed by atoms with E-state index in [2.05, 4.69) is 5.32 Å². The Morgan fingerprint density at radius 2 is 1.92 bits per heavy atom. The van der Waals surface area contributed by atoms with E-state index < -0.39 is 18.6 Å². The molecule has 0 fully saturated rings. The SMILES string of the molecule is COc1ccc(NC(=O)[C@@H](N)CO)c(C(=O)c2ccc(Cl)cc2)c1. The van der Waals surface area contributed by atoms with Crippen molar-refractivity contribution in [3.8, 4) is 5.75 Å². The number of rotatable bonds is 6. The zero-order chi connectivity index (χ0) is 17.7. The number of aliphatic hydroxyl groups excluding tert-OH is 1. The van der Waals surface area contributed by atoms with Gasteiger partial charge in [-0.1, -0.05) is 11.6 Å². The number of nitrogens with two attached hydrogens (primary N) is 1. The maximum atomic E-state index is 12.7. The molecule has 0 saturated heterocycles. The third kappa shape index (κ3) is 4.11. The summed E-state index contributed by atoms with van der Waals surface area (Å²) in [5.41, 5.74) is 6.43. The van der Waals surface area contributed by atoms with Gasteiger partial charge in [0, 0.05) is 16.1 Å². The van der Waals surface area contributed by atoms with Crippen LogP contribution in [0.1, 0.15) is 15.9 Å². The number of ether oxygens (including phenoxy) is 1. The van der Waals surface area contributed by atoms with Crippen LogP contribution in [0, 0.1) is 0 Å². The molecule has 2 rings (SSSR count). The smallest absolute Gasteiger partial charge is 0.243 e. The van der Waals surface area contributed by atoms with E-state index in [0.29, 0.717) is 16.3 Å².